The summed E-state index contributed by atoms with van der Waals surface area (Å²) in [4.78, 5) is 51.4. The lowest BCUT2D eigenvalue weighted by molar-refractivity contribution is -0.301. The van der Waals surface area contributed by atoms with Crippen molar-refractivity contribution in [2.75, 3.05) is 13.2 Å². The third kappa shape index (κ3) is 47.3. The molecule has 6 unspecified atom stereocenters. The lowest BCUT2D eigenvalue weighted by Gasteiger charge is -2.40. The van der Waals surface area contributed by atoms with Crippen LogP contribution >= 0.6 is 0 Å². The second-order valence-electron chi connectivity index (χ2n) is 22.0. The number of esters is 3. The topological polar surface area (TPSA) is 175 Å². The van der Waals surface area contributed by atoms with E-state index in [1.807, 2.05) is 12.2 Å². The molecule has 0 aliphatic carbocycles. The van der Waals surface area contributed by atoms with Crippen LogP contribution in [0.3, 0.4) is 0 Å². The van der Waals surface area contributed by atoms with Crippen molar-refractivity contribution in [3.05, 3.63) is 109 Å². The Bertz CT molecular complexity index is 1860. The molecule has 1 aliphatic rings. The van der Waals surface area contributed by atoms with Crippen molar-refractivity contribution in [3.8, 4) is 0 Å². The highest BCUT2D eigenvalue weighted by molar-refractivity contribution is 5.74. The summed E-state index contributed by atoms with van der Waals surface area (Å²) < 4.78 is 28.5. The minimum Gasteiger partial charge on any atom is -0.479 e. The predicted octanol–water partition coefficient (Wildman–Crippen LogP) is 17.8. The Hall–Kier alpha value is -4.62. The minimum absolute atomic E-state index is 0.0228. The average Bonchev–Trinajstić information content (AvgIpc) is 3.55. The zero-order valence-corrected chi connectivity index (χ0v) is 52.2. The summed E-state index contributed by atoms with van der Waals surface area (Å²) in [7, 11) is 0. The average molecular weight is 1160 g/mol. The quantitative estimate of drug-likeness (QED) is 0.0228. The van der Waals surface area contributed by atoms with Crippen LogP contribution in [0.15, 0.2) is 109 Å². The van der Waals surface area contributed by atoms with E-state index in [4.69, 9.17) is 23.7 Å². The highest BCUT2D eigenvalue weighted by atomic mass is 16.7. The van der Waals surface area contributed by atoms with Gasteiger partial charge in [-0.2, -0.15) is 0 Å². The zero-order valence-electron chi connectivity index (χ0n) is 52.2. The molecule has 12 nitrogen and oxygen atoms in total. The van der Waals surface area contributed by atoms with E-state index >= 15 is 0 Å². The number of carbonyl (C=O) groups excluding carboxylic acids is 3. The molecule has 1 rings (SSSR count). The number of unbranched alkanes of at least 4 members (excludes halogenated alkanes) is 23. The van der Waals surface area contributed by atoms with Crippen molar-refractivity contribution in [1.82, 2.24) is 0 Å². The summed E-state index contributed by atoms with van der Waals surface area (Å²) in [5.74, 6) is -3.21. The van der Waals surface area contributed by atoms with E-state index in [1.54, 1.807) is 0 Å². The first-order chi connectivity index (χ1) is 40.6. The van der Waals surface area contributed by atoms with Gasteiger partial charge in [-0.05, 0) is 96.3 Å². The highest BCUT2D eigenvalue weighted by Crippen LogP contribution is 2.26. The summed E-state index contributed by atoms with van der Waals surface area (Å²) in [5, 5.41) is 31.6. The van der Waals surface area contributed by atoms with E-state index < -0.39 is 67.3 Å². The molecule has 1 saturated heterocycles. The molecule has 0 aromatic carbocycles. The van der Waals surface area contributed by atoms with Gasteiger partial charge in [-0.3, -0.25) is 14.4 Å². The number of ether oxygens (including phenoxy) is 5. The Kier molecular flexibility index (Phi) is 53.2. The van der Waals surface area contributed by atoms with E-state index in [-0.39, 0.29) is 25.9 Å². The first kappa shape index (κ1) is 76.4. The van der Waals surface area contributed by atoms with Crippen LogP contribution in [0.1, 0.15) is 265 Å². The monoisotopic (exact) mass is 1160 g/mol. The number of allylic oxidation sites excluding steroid dienone is 18. The molecular formula is C71H116O12. The van der Waals surface area contributed by atoms with Crippen molar-refractivity contribution < 1.29 is 58.2 Å². The molecule has 1 fully saturated rings. The standard InChI is InChI=1S/C71H116O12/c1-4-7-10-13-16-19-22-25-28-31-32-35-36-39-42-45-48-51-54-57-63(72)79-60-62(81-64(73)58-55-52-49-46-43-40-37-33-29-26-23-20-17-14-11-8-5-2)61-80-71-69(67(76)66(75)68(83-71)70(77)78)82-65(74)59-56-53-50-47-44-41-38-34-30-27-24-21-18-15-12-9-6-3/h7,9-10,12,16,18-19,21,25,27-28,30,32,35,38,41,47,50,62,66-69,71,75-76H,4-6,8,11,13-15,17,20,22-24,26,29,31,33-34,36-37,39-40,42-46,48-49,51-61H2,1-3H3,(H,77,78)/b10-7-,12-9-,19-16-,21-18-,28-25-,30-27-,35-32-,41-38-,50-47-. The number of hydrogen-bond donors (Lipinski definition) is 3. The number of aliphatic carboxylic acids is 1. The zero-order chi connectivity index (χ0) is 60.3. The molecule has 0 saturated carbocycles. The summed E-state index contributed by atoms with van der Waals surface area (Å²) >= 11 is 0. The van der Waals surface area contributed by atoms with Gasteiger partial charge in [0.15, 0.2) is 24.6 Å². The van der Waals surface area contributed by atoms with Crippen LogP contribution in [0.25, 0.3) is 0 Å². The van der Waals surface area contributed by atoms with Crippen molar-refractivity contribution in [2.24, 2.45) is 0 Å². The third-order valence-corrected chi connectivity index (χ3v) is 14.3. The Balaban J connectivity index is 2.70. The van der Waals surface area contributed by atoms with Crippen molar-refractivity contribution in [2.45, 2.75) is 302 Å². The molecule has 0 aromatic rings. The van der Waals surface area contributed by atoms with Crippen molar-refractivity contribution >= 4 is 23.9 Å². The predicted molar refractivity (Wildman–Crippen MR) is 340 cm³/mol. The summed E-state index contributed by atoms with van der Waals surface area (Å²) in [6.45, 7) is 5.76. The molecular weight excluding hydrogens is 1040 g/mol. The molecule has 6 atom stereocenters. The number of carbonyl (C=O) groups is 4. The minimum atomic E-state index is -1.93. The lowest BCUT2D eigenvalue weighted by atomic mass is 9.98. The molecule has 1 aliphatic heterocycles. The number of aliphatic hydroxyl groups is 2. The first-order valence-corrected chi connectivity index (χ1v) is 32.9. The maximum atomic E-state index is 13.2. The van der Waals surface area contributed by atoms with Crippen LogP contribution in [0.5, 0.6) is 0 Å². The number of carboxylic acid groups (broad SMARTS) is 1. The second kappa shape index (κ2) is 57.8. The molecule has 0 radical (unpaired) electrons. The molecule has 0 spiro atoms. The number of rotatable bonds is 55. The molecule has 0 aromatic heterocycles. The van der Waals surface area contributed by atoms with Gasteiger partial charge in [0, 0.05) is 19.3 Å². The fraction of sp³-hybridized carbons (Fsp3) is 0.690. The van der Waals surface area contributed by atoms with Gasteiger partial charge >= 0.3 is 23.9 Å². The Morgan fingerprint density at radius 3 is 1.19 bits per heavy atom. The normalized spacial score (nSPS) is 18.3. The SMILES string of the molecule is CC/C=C\C/C=C\C/C=C\C/C=C\C/C=C\CCCC(=O)OC1C(OCC(COC(=O)CCCCCCCC/C=C\C/C=C\C/C=C\C/C=C\CC)OC(=O)CCCCCCCCCCCCCCCCCCC)OC(C(=O)O)C(O)C1O. The first-order valence-electron chi connectivity index (χ1n) is 32.9. The van der Waals surface area contributed by atoms with Gasteiger partial charge in [0.1, 0.15) is 18.8 Å². The lowest BCUT2D eigenvalue weighted by Crippen LogP contribution is -2.61. The van der Waals surface area contributed by atoms with Crippen LogP contribution in [0.4, 0.5) is 0 Å². The molecule has 0 amide bonds. The Labute approximate surface area is 504 Å². The van der Waals surface area contributed by atoms with Gasteiger partial charge in [0.25, 0.3) is 0 Å². The summed E-state index contributed by atoms with van der Waals surface area (Å²) in [6, 6.07) is 0. The molecule has 0 bridgehead atoms. The smallest absolute Gasteiger partial charge is 0.335 e. The van der Waals surface area contributed by atoms with Crippen molar-refractivity contribution in [3.63, 3.8) is 0 Å². The molecule has 83 heavy (non-hydrogen) atoms. The van der Waals surface area contributed by atoms with Crippen molar-refractivity contribution in [1.29, 1.82) is 0 Å². The van der Waals surface area contributed by atoms with Crippen LogP contribution in [0.2, 0.25) is 0 Å². The van der Waals surface area contributed by atoms with Crippen LogP contribution in [-0.2, 0) is 42.9 Å². The Morgan fingerprint density at radius 2 is 0.771 bits per heavy atom. The van der Waals surface area contributed by atoms with Crippen LogP contribution in [0, 0.1) is 0 Å². The van der Waals surface area contributed by atoms with Gasteiger partial charge in [0.05, 0.1) is 6.61 Å². The second-order valence-corrected chi connectivity index (χ2v) is 22.0. The van der Waals surface area contributed by atoms with Gasteiger partial charge in [-0.25, -0.2) is 4.79 Å². The van der Waals surface area contributed by atoms with E-state index in [0.29, 0.717) is 25.7 Å². The number of aliphatic hydroxyl groups excluding tert-OH is 2. The number of hydrogen-bond acceptors (Lipinski definition) is 11. The maximum absolute atomic E-state index is 13.2. The summed E-state index contributed by atoms with van der Waals surface area (Å²) in [5.41, 5.74) is 0. The molecule has 1 heterocycles. The fourth-order valence-corrected chi connectivity index (χ4v) is 9.40. The summed E-state index contributed by atoms with van der Waals surface area (Å²) in [6.07, 6.45) is 66.2. The molecule has 12 heteroatoms. The highest BCUT2D eigenvalue weighted by Gasteiger charge is 2.50. The Morgan fingerprint density at radius 1 is 0.410 bits per heavy atom. The van der Waals surface area contributed by atoms with E-state index in [1.165, 1.54) is 83.5 Å². The van der Waals surface area contributed by atoms with E-state index in [2.05, 4.69) is 118 Å². The van der Waals surface area contributed by atoms with Gasteiger partial charge in [-0.15, -0.1) is 0 Å². The van der Waals surface area contributed by atoms with Gasteiger partial charge in [-0.1, -0.05) is 259 Å². The third-order valence-electron chi connectivity index (χ3n) is 14.3. The van der Waals surface area contributed by atoms with Crippen LogP contribution in [-0.4, -0.2) is 89.2 Å². The van der Waals surface area contributed by atoms with Crippen LogP contribution < -0.4 is 0 Å². The van der Waals surface area contributed by atoms with Gasteiger partial charge < -0.3 is 39.0 Å². The van der Waals surface area contributed by atoms with Gasteiger partial charge in [0.2, 0.25) is 0 Å². The maximum Gasteiger partial charge on any atom is 0.335 e. The molecule has 3 N–H and O–H groups in total. The fourth-order valence-electron chi connectivity index (χ4n) is 9.40. The molecule has 472 valence electrons. The van der Waals surface area contributed by atoms with E-state index in [9.17, 15) is 34.5 Å². The van der Waals surface area contributed by atoms with E-state index in [0.717, 1.165) is 116 Å². The number of carboxylic acids is 1. The largest absolute Gasteiger partial charge is 0.479 e.